The van der Waals surface area contributed by atoms with E-state index in [1.165, 1.54) is 16.8 Å². The molecule has 0 atom stereocenters. The van der Waals surface area contributed by atoms with E-state index < -0.39 is 22.8 Å². The van der Waals surface area contributed by atoms with Crippen LogP contribution in [0.2, 0.25) is 5.02 Å². The van der Waals surface area contributed by atoms with Crippen LogP contribution >= 0.6 is 11.6 Å². The van der Waals surface area contributed by atoms with E-state index in [4.69, 9.17) is 22.8 Å². The summed E-state index contributed by atoms with van der Waals surface area (Å²) in [4.78, 5) is 30.0. The summed E-state index contributed by atoms with van der Waals surface area (Å²) >= 11 is 6.36. The summed E-state index contributed by atoms with van der Waals surface area (Å²) in [5.41, 5.74) is 0.540. The molecule has 4 rings (SSSR count). The van der Waals surface area contributed by atoms with Gasteiger partial charge in [-0.2, -0.15) is 0 Å². The topological polar surface area (TPSA) is 103 Å². The van der Waals surface area contributed by atoms with E-state index in [9.17, 15) is 18.7 Å². The van der Waals surface area contributed by atoms with Crippen LogP contribution < -0.4 is 10.3 Å². The fourth-order valence-electron chi connectivity index (χ4n) is 3.64. The molecule has 1 N–H and O–H groups in total. The Labute approximate surface area is 222 Å². The smallest absolute Gasteiger partial charge is 0.277 e. The second-order valence-corrected chi connectivity index (χ2v) is 9.37. The molecule has 0 fully saturated rings. The van der Waals surface area contributed by atoms with Crippen molar-refractivity contribution in [3.63, 3.8) is 0 Å². The zero-order valence-electron chi connectivity index (χ0n) is 20.9. The molecule has 0 bridgehead atoms. The van der Waals surface area contributed by atoms with Gasteiger partial charge >= 0.3 is 0 Å². The number of aliphatic hydroxyl groups is 1. The molecule has 4 heterocycles. The van der Waals surface area contributed by atoms with Crippen molar-refractivity contribution in [1.82, 2.24) is 24.5 Å². The van der Waals surface area contributed by atoms with Crippen LogP contribution in [0.4, 0.5) is 8.78 Å². The van der Waals surface area contributed by atoms with E-state index >= 15 is 0 Å². The number of hydrogen-bond acceptors (Lipinski definition) is 7. The molecular formula is C27H22ClF2N5O3. The summed E-state index contributed by atoms with van der Waals surface area (Å²) in [5.74, 6) is 0.988. The maximum atomic E-state index is 13.9. The molecule has 38 heavy (non-hydrogen) atoms. The van der Waals surface area contributed by atoms with E-state index in [1.54, 1.807) is 40.0 Å². The molecule has 0 aliphatic rings. The number of nitrogens with zero attached hydrogens (tertiary/aromatic N) is 5. The number of terminal acetylenes is 1. The molecule has 0 saturated heterocycles. The molecular weight excluding hydrogens is 516 g/mol. The molecule has 0 unspecified atom stereocenters. The lowest BCUT2D eigenvalue weighted by Crippen LogP contribution is -2.23. The van der Waals surface area contributed by atoms with Gasteiger partial charge in [-0.1, -0.05) is 17.5 Å². The zero-order chi connectivity index (χ0) is 27.8. The number of rotatable bonds is 6. The van der Waals surface area contributed by atoms with Crippen LogP contribution in [0.3, 0.4) is 0 Å². The normalized spacial score (nSPS) is 11.3. The van der Waals surface area contributed by atoms with Crippen LogP contribution in [0.25, 0.3) is 17.1 Å². The van der Waals surface area contributed by atoms with Crippen molar-refractivity contribution in [3.05, 3.63) is 92.1 Å². The summed E-state index contributed by atoms with van der Waals surface area (Å²) < 4.78 is 34.0. The second-order valence-electron chi connectivity index (χ2n) is 8.99. The van der Waals surface area contributed by atoms with Crippen LogP contribution in [-0.4, -0.2) is 29.6 Å². The van der Waals surface area contributed by atoms with Gasteiger partial charge in [0, 0.05) is 30.2 Å². The molecule has 0 saturated carbocycles. The maximum absolute atomic E-state index is 13.9. The molecule has 4 aromatic heterocycles. The van der Waals surface area contributed by atoms with Crippen LogP contribution in [0.5, 0.6) is 5.75 Å². The number of ether oxygens (including phenoxy) is 1. The highest BCUT2D eigenvalue weighted by Gasteiger charge is 2.23. The fourth-order valence-corrected chi connectivity index (χ4v) is 3.84. The van der Waals surface area contributed by atoms with Gasteiger partial charge in [0.25, 0.3) is 5.56 Å². The number of pyridine rings is 3. The van der Waals surface area contributed by atoms with Gasteiger partial charge in [0.15, 0.2) is 11.6 Å². The van der Waals surface area contributed by atoms with Crippen molar-refractivity contribution in [3.8, 4) is 35.2 Å². The first-order valence-corrected chi connectivity index (χ1v) is 11.7. The van der Waals surface area contributed by atoms with Crippen molar-refractivity contribution < 1.29 is 18.6 Å². The summed E-state index contributed by atoms with van der Waals surface area (Å²) in [5, 5.41) is 10.1. The molecule has 0 spiro atoms. The first-order valence-electron chi connectivity index (χ1n) is 11.3. The lowest BCUT2D eigenvalue weighted by molar-refractivity contribution is 0.0688. The Hall–Kier alpha value is -4.20. The van der Waals surface area contributed by atoms with E-state index in [-0.39, 0.29) is 28.9 Å². The van der Waals surface area contributed by atoms with Crippen molar-refractivity contribution in [1.29, 1.82) is 0 Å². The predicted octanol–water partition coefficient (Wildman–Crippen LogP) is 4.42. The standard InChI is InChI=1S/C27H22ClF2N5O3/c1-6-16-11-33-26(27(4,5)37)34-24(16)19-9-21(14(2)10-31-19)35-15(3)7-22(23(28)25(35)36)38-13-20-18(30)8-17(29)12-32-20/h1,7-12,37H,13H2,2-5H3. The quantitative estimate of drug-likeness (QED) is 0.363. The summed E-state index contributed by atoms with van der Waals surface area (Å²) in [6.45, 7) is 6.17. The minimum absolute atomic E-state index is 0.0168. The van der Waals surface area contributed by atoms with E-state index in [2.05, 4.69) is 25.9 Å². The highest BCUT2D eigenvalue weighted by Crippen LogP contribution is 2.28. The fraction of sp³-hybridized carbons (Fsp3) is 0.222. The average Bonchev–Trinajstić information content (AvgIpc) is 2.86. The number of hydrogen-bond donors (Lipinski definition) is 1. The molecule has 0 amide bonds. The number of halogens is 3. The van der Waals surface area contributed by atoms with E-state index in [0.29, 0.717) is 40.0 Å². The monoisotopic (exact) mass is 537 g/mol. The predicted molar refractivity (Wildman–Crippen MR) is 137 cm³/mol. The van der Waals surface area contributed by atoms with Gasteiger partial charge < -0.3 is 9.84 Å². The summed E-state index contributed by atoms with van der Waals surface area (Å²) in [6, 6.07) is 3.85. The van der Waals surface area contributed by atoms with Crippen LogP contribution in [0, 0.1) is 37.8 Å². The van der Waals surface area contributed by atoms with Gasteiger partial charge in [-0.3, -0.25) is 19.3 Å². The largest absolute Gasteiger partial charge is 0.485 e. The second kappa shape index (κ2) is 10.3. The van der Waals surface area contributed by atoms with Gasteiger partial charge in [0.05, 0.1) is 23.1 Å². The number of aromatic nitrogens is 5. The molecule has 4 aromatic rings. The van der Waals surface area contributed by atoms with Crippen molar-refractivity contribution in [2.24, 2.45) is 0 Å². The first-order chi connectivity index (χ1) is 17.9. The maximum Gasteiger partial charge on any atom is 0.277 e. The highest BCUT2D eigenvalue weighted by molar-refractivity contribution is 6.31. The molecule has 0 radical (unpaired) electrons. The molecule has 0 aromatic carbocycles. The van der Waals surface area contributed by atoms with Crippen LogP contribution in [0.1, 0.15) is 42.2 Å². The third-order valence-corrected chi connectivity index (χ3v) is 5.95. The minimum atomic E-state index is -1.32. The lowest BCUT2D eigenvalue weighted by atomic mass is 10.1. The molecule has 0 aliphatic heterocycles. The van der Waals surface area contributed by atoms with Gasteiger partial charge in [-0.25, -0.2) is 18.7 Å². The van der Waals surface area contributed by atoms with Crippen LogP contribution in [-0.2, 0) is 12.2 Å². The Morgan fingerprint density at radius 3 is 2.53 bits per heavy atom. The highest BCUT2D eigenvalue weighted by atomic mass is 35.5. The SMILES string of the molecule is C#Cc1cnc(C(C)(C)O)nc1-c1cc(-n2c(C)cc(OCc3ncc(F)cc3F)c(Cl)c2=O)c(C)cn1. The van der Waals surface area contributed by atoms with Gasteiger partial charge in [-0.05, 0) is 39.3 Å². The Morgan fingerprint density at radius 2 is 1.87 bits per heavy atom. The third-order valence-electron chi connectivity index (χ3n) is 5.60. The molecule has 11 heteroatoms. The Bertz CT molecular complexity index is 1660. The molecule has 194 valence electrons. The Balaban J connectivity index is 1.77. The Kier molecular flexibility index (Phi) is 7.26. The molecule has 0 aliphatic carbocycles. The van der Waals surface area contributed by atoms with E-state index in [1.807, 2.05) is 0 Å². The van der Waals surface area contributed by atoms with Crippen LogP contribution in [0.15, 0.2) is 41.6 Å². The third kappa shape index (κ3) is 5.25. The molecule has 8 nitrogen and oxygen atoms in total. The van der Waals surface area contributed by atoms with Gasteiger partial charge in [0.1, 0.15) is 40.2 Å². The Morgan fingerprint density at radius 1 is 1.13 bits per heavy atom. The summed E-state index contributed by atoms with van der Waals surface area (Å²) in [7, 11) is 0. The van der Waals surface area contributed by atoms with E-state index in [0.717, 1.165) is 6.20 Å². The summed E-state index contributed by atoms with van der Waals surface area (Å²) in [6.07, 6.45) is 9.50. The average molecular weight is 538 g/mol. The lowest BCUT2D eigenvalue weighted by Gasteiger charge is -2.18. The first kappa shape index (κ1) is 26.9. The van der Waals surface area contributed by atoms with Crippen molar-refractivity contribution >= 4 is 11.6 Å². The van der Waals surface area contributed by atoms with Gasteiger partial charge in [-0.15, -0.1) is 6.42 Å². The minimum Gasteiger partial charge on any atom is -0.485 e. The van der Waals surface area contributed by atoms with Crippen molar-refractivity contribution in [2.45, 2.75) is 39.9 Å². The van der Waals surface area contributed by atoms with Gasteiger partial charge in [0.2, 0.25) is 0 Å². The zero-order valence-corrected chi connectivity index (χ0v) is 21.6. The van der Waals surface area contributed by atoms with Crippen molar-refractivity contribution in [2.75, 3.05) is 0 Å². The number of aryl methyl sites for hydroxylation is 2.